The Kier molecular flexibility index (Phi) is 8.14. The molecule has 0 unspecified atom stereocenters. The minimum absolute atomic E-state index is 0.0157. The molecular formula is C24H31ClN2O3S. The summed E-state index contributed by atoms with van der Waals surface area (Å²) in [5, 5.41) is 3.47. The highest BCUT2D eigenvalue weighted by atomic mass is 35.5. The van der Waals surface area contributed by atoms with E-state index in [1.54, 1.807) is 24.3 Å². The number of hydrogen-bond acceptors (Lipinski definition) is 3. The van der Waals surface area contributed by atoms with Gasteiger partial charge in [0.1, 0.15) is 0 Å². The predicted molar refractivity (Wildman–Crippen MR) is 126 cm³/mol. The second kappa shape index (κ2) is 10.6. The van der Waals surface area contributed by atoms with E-state index in [1.807, 2.05) is 0 Å². The lowest BCUT2D eigenvalue weighted by atomic mass is 9.97. The fourth-order valence-electron chi connectivity index (χ4n) is 3.84. The zero-order valence-electron chi connectivity index (χ0n) is 18.2. The average Bonchev–Trinajstić information content (AvgIpc) is 2.75. The number of carbonyl (C=O) groups is 1. The van der Waals surface area contributed by atoms with Crippen LogP contribution in [0, 0.1) is 5.92 Å². The van der Waals surface area contributed by atoms with E-state index in [0.29, 0.717) is 49.0 Å². The van der Waals surface area contributed by atoms with Crippen molar-refractivity contribution in [2.45, 2.75) is 44.8 Å². The summed E-state index contributed by atoms with van der Waals surface area (Å²) in [6, 6.07) is 15.5. The minimum atomic E-state index is -3.45. The average molecular weight is 463 g/mol. The lowest BCUT2D eigenvalue weighted by molar-refractivity contribution is -0.126. The van der Waals surface area contributed by atoms with Crippen LogP contribution in [0.2, 0.25) is 5.02 Å². The molecule has 0 spiro atoms. The topological polar surface area (TPSA) is 66.5 Å². The van der Waals surface area contributed by atoms with E-state index in [0.717, 1.165) is 6.42 Å². The molecule has 2 aromatic carbocycles. The lowest BCUT2D eigenvalue weighted by Gasteiger charge is -2.30. The molecule has 0 atom stereocenters. The first kappa shape index (κ1) is 23.8. The first-order chi connectivity index (χ1) is 14.8. The van der Waals surface area contributed by atoms with Crippen molar-refractivity contribution < 1.29 is 13.2 Å². The van der Waals surface area contributed by atoms with Gasteiger partial charge in [-0.15, -0.1) is 0 Å². The van der Waals surface area contributed by atoms with Gasteiger partial charge in [0.25, 0.3) is 0 Å². The summed E-state index contributed by atoms with van der Waals surface area (Å²) in [7, 11) is -3.45. The maximum atomic E-state index is 12.7. The number of halogens is 1. The third-order valence-electron chi connectivity index (χ3n) is 5.87. The van der Waals surface area contributed by atoms with Gasteiger partial charge in [-0.25, -0.2) is 12.7 Å². The Morgan fingerprint density at radius 3 is 2.35 bits per heavy atom. The Hall–Kier alpha value is -1.89. The Labute approximate surface area is 190 Å². The third-order valence-corrected chi connectivity index (χ3v) is 8.07. The largest absolute Gasteiger partial charge is 0.356 e. The van der Waals surface area contributed by atoms with E-state index in [4.69, 9.17) is 11.6 Å². The van der Waals surface area contributed by atoms with Crippen LogP contribution in [-0.4, -0.2) is 38.3 Å². The first-order valence-corrected chi connectivity index (χ1v) is 12.8. The van der Waals surface area contributed by atoms with Crippen LogP contribution in [0.4, 0.5) is 0 Å². The van der Waals surface area contributed by atoms with Gasteiger partial charge in [-0.3, -0.25) is 4.79 Å². The highest BCUT2D eigenvalue weighted by molar-refractivity contribution is 7.88. The number of nitrogens with zero attached hydrogens (tertiary/aromatic N) is 1. The fraction of sp³-hybridized carbons (Fsp3) is 0.458. The number of amides is 1. The van der Waals surface area contributed by atoms with Gasteiger partial charge < -0.3 is 5.32 Å². The van der Waals surface area contributed by atoms with Crippen LogP contribution in [0.3, 0.4) is 0 Å². The van der Waals surface area contributed by atoms with Crippen molar-refractivity contribution in [1.82, 2.24) is 9.62 Å². The Bertz CT molecular complexity index is 982. The van der Waals surface area contributed by atoms with Gasteiger partial charge in [-0.2, -0.15) is 0 Å². The maximum Gasteiger partial charge on any atom is 0.223 e. The molecule has 1 heterocycles. The van der Waals surface area contributed by atoms with Crippen LogP contribution in [0.25, 0.3) is 0 Å². The number of hydrogen-bond donors (Lipinski definition) is 1. The standard InChI is InChI=1S/C24H31ClN2O3S/c1-18(2)20-9-7-19(8-10-20)11-14-26-24(28)21-12-15-27(16-13-21)31(29,30)17-22-5-3-4-6-23(22)25/h3-10,18,21H,11-17H2,1-2H3,(H,26,28). The monoisotopic (exact) mass is 462 g/mol. The van der Waals surface area contributed by atoms with Crippen LogP contribution in [0.1, 0.15) is 49.3 Å². The van der Waals surface area contributed by atoms with E-state index in [-0.39, 0.29) is 17.6 Å². The second-order valence-corrected chi connectivity index (χ2v) is 10.8. The van der Waals surface area contributed by atoms with Crippen LogP contribution in [0.15, 0.2) is 48.5 Å². The van der Waals surface area contributed by atoms with Crippen molar-refractivity contribution >= 4 is 27.5 Å². The summed E-state index contributed by atoms with van der Waals surface area (Å²) in [4.78, 5) is 12.5. The molecule has 0 aromatic heterocycles. The molecule has 1 N–H and O–H groups in total. The highest BCUT2D eigenvalue weighted by Gasteiger charge is 2.31. The van der Waals surface area contributed by atoms with Gasteiger partial charge in [0.15, 0.2) is 0 Å². The summed E-state index contributed by atoms with van der Waals surface area (Å²) in [5.41, 5.74) is 3.11. The van der Waals surface area contributed by atoms with E-state index in [2.05, 4.69) is 43.4 Å². The molecule has 1 saturated heterocycles. The third kappa shape index (κ3) is 6.55. The molecule has 1 fully saturated rings. The molecule has 0 bridgehead atoms. The Morgan fingerprint density at radius 2 is 1.74 bits per heavy atom. The summed E-state index contributed by atoms with van der Waals surface area (Å²) in [6.45, 7) is 5.65. The lowest BCUT2D eigenvalue weighted by Crippen LogP contribution is -2.43. The van der Waals surface area contributed by atoms with E-state index >= 15 is 0 Å². The number of benzene rings is 2. The van der Waals surface area contributed by atoms with E-state index in [1.165, 1.54) is 15.4 Å². The zero-order valence-corrected chi connectivity index (χ0v) is 19.8. The molecule has 7 heteroatoms. The van der Waals surface area contributed by atoms with E-state index in [9.17, 15) is 13.2 Å². The molecule has 1 aliphatic heterocycles. The smallest absolute Gasteiger partial charge is 0.223 e. The molecule has 31 heavy (non-hydrogen) atoms. The van der Waals surface area contributed by atoms with Gasteiger partial charge in [0, 0.05) is 30.6 Å². The van der Waals surface area contributed by atoms with Crippen LogP contribution in [0.5, 0.6) is 0 Å². The molecule has 0 saturated carbocycles. The summed E-state index contributed by atoms with van der Waals surface area (Å²) < 4.78 is 27.0. The van der Waals surface area contributed by atoms with Crippen LogP contribution >= 0.6 is 11.6 Å². The SMILES string of the molecule is CC(C)c1ccc(CCNC(=O)C2CCN(S(=O)(=O)Cc3ccccc3Cl)CC2)cc1. The van der Waals surface area contributed by atoms with Crippen molar-refractivity contribution in [1.29, 1.82) is 0 Å². The van der Waals surface area contributed by atoms with Gasteiger partial charge in [0.2, 0.25) is 15.9 Å². The quantitative estimate of drug-likeness (QED) is 0.633. The molecule has 1 aliphatic rings. The molecule has 3 rings (SSSR count). The van der Waals surface area contributed by atoms with Crippen molar-refractivity contribution in [3.8, 4) is 0 Å². The molecule has 5 nitrogen and oxygen atoms in total. The summed E-state index contributed by atoms with van der Waals surface area (Å²) >= 11 is 6.11. The van der Waals surface area contributed by atoms with Gasteiger partial charge in [-0.05, 0) is 47.9 Å². The predicted octanol–water partition coefficient (Wildman–Crippen LogP) is 4.36. The molecule has 1 amide bonds. The maximum absolute atomic E-state index is 12.7. The van der Waals surface area contributed by atoms with Crippen LogP contribution in [-0.2, 0) is 27.0 Å². The van der Waals surface area contributed by atoms with Gasteiger partial charge in [0.05, 0.1) is 5.75 Å². The molecule has 168 valence electrons. The number of carbonyl (C=O) groups excluding carboxylic acids is 1. The molecular weight excluding hydrogens is 432 g/mol. The fourth-order valence-corrected chi connectivity index (χ4v) is 5.72. The first-order valence-electron chi connectivity index (χ1n) is 10.8. The Balaban J connectivity index is 1.44. The summed E-state index contributed by atoms with van der Waals surface area (Å²) in [6.07, 6.45) is 1.86. The van der Waals surface area contributed by atoms with Crippen molar-refractivity contribution in [3.05, 3.63) is 70.2 Å². The second-order valence-electron chi connectivity index (χ2n) is 8.46. The number of nitrogens with one attached hydrogen (secondary N) is 1. The highest BCUT2D eigenvalue weighted by Crippen LogP contribution is 2.24. The number of piperidine rings is 1. The van der Waals surface area contributed by atoms with E-state index < -0.39 is 10.0 Å². The molecule has 2 aromatic rings. The number of rotatable bonds is 8. The van der Waals surface area contributed by atoms with Crippen molar-refractivity contribution in [2.75, 3.05) is 19.6 Å². The normalized spacial score (nSPS) is 15.9. The van der Waals surface area contributed by atoms with Crippen molar-refractivity contribution in [2.24, 2.45) is 5.92 Å². The zero-order chi connectivity index (χ0) is 22.4. The minimum Gasteiger partial charge on any atom is -0.356 e. The Morgan fingerprint density at radius 1 is 1.10 bits per heavy atom. The number of sulfonamides is 1. The summed E-state index contributed by atoms with van der Waals surface area (Å²) in [5.74, 6) is 0.268. The van der Waals surface area contributed by atoms with Crippen molar-refractivity contribution in [3.63, 3.8) is 0 Å². The van der Waals surface area contributed by atoms with Gasteiger partial charge in [-0.1, -0.05) is 67.9 Å². The van der Waals surface area contributed by atoms with Crippen LogP contribution < -0.4 is 5.32 Å². The molecule has 0 aliphatic carbocycles. The van der Waals surface area contributed by atoms with Gasteiger partial charge >= 0.3 is 0 Å². The molecule has 0 radical (unpaired) electrons.